The summed E-state index contributed by atoms with van der Waals surface area (Å²) in [4.78, 5) is 11.2. The van der Waals surface area contributed by atoms with Crippen LogP contribution in [0.4, 0.5) is 8.78 Å². The van der Waals surface area contributed by atoms with Crippen molar-refractivity contribution in [2.24, 2.45) is 0 Å². The standard InChI is InChI=1S/C13H16F2O3/c1-2-5-18-13(17)4-3-12(16)9-6-10(14)8-11(15)7-9/h6-8,12,16H,2-5H2,1H3. The second-order valence-electron chi connectivity index (χ2n) is 3.98. The van der Waals surface area contributed by atoms with Crippen LogP contribution in [0.3, 0.4) is 0 Å². The molecule has 0 radical (unpaired) electrons. The molecular formula is C13H16F2O3. The fraction of sp³-hybridized carbons (Fsp3) is 0.462. The van der Waals surface area contributed by atoms with Crippen molar-refractivity contribution in [2.75, 3.05) is 6.61 Å². The van der Waals surface area contributed by atoms with Crippen LogP contribution in [-0.2, 0) is 9.53 Å². The van der Waals surface area contributed by atoms with Crippen molar-refractivity contribution >= 4 is 5.97 Å². The Morgan fingerprint density at radius 3 is 2.50 bits per heavy atom. The second kappa shape index (κ2) is 7.06. The zero-order valence-electron chi connectivity index (χ0n) is 10.2. The maximum Gasteiger partial charge on any atom is 0.305 e. The monoisotopic (exact) mass is 258 g/mol. The molecule has 0 aromatic heterocycles. The minimum absolute atomic E-state index is 0.0132. The van der Waals surface area contributed by atoms with E-state index in [1.54, 1.807) is 0 Å². The number of rotatable bonds is 6. The first-order valence-corrected chi connectivity index (χ1v) is 5.82. The molecule has 1 aromatic rings. The number of benzene rings is 1. The third-order valence-corrected chi connectivity index (χ3v) is 2.36. The van der Waals surface area contributed by atoms with E-state index < -0.39 is 23.7 Å². The van der Waals surface area contributed by atoms with Crippen LogP contribution in [0.15, 0.2) is 18.2 Å². The number of ether oxygens (including phenoxy) is 1. The van der Waals surface area contributed by atoms with Gasteiger partial charge in [0.1, 0.15) is 11.6 Å². The van der Waals surface area contributed by atoms with Crippen molar-refractivity contribution in [2.45, 2.75) is 32.3 Å². The van der Waals surface area contributed by atoms with Crippen molar-refractivity contribution < 1.29 is 23.4 Å². The molecular weight excluding hydrogens is 242 g/mol. The van der Waals surface area contributed by atoms with E-state index >= 15 is 0 Å². The highest BCUT2D eigenvalue weighted by atomic mass is 19.1. The van der Waals surface area contributed by atoms with Gasteiger partial charge in [0.15, 0.2) is 0 Å². The van der Waals surface area contributed by atoms with Gasteiger partial charge in [-0.15, -0.1) is 0 Å². The first-order valence-electron chi connectivity index (χ1n) is 5.82. The van der Waals surface area contributed by atoms with E-state index in [2.05, 4.69) is 0 Å². The van der Waals surface area contributed by atoms with Crippen LogP contribution < -0.4 is 0 Å². The molecule has 3 nitrogen and oxygen atoms in total. The largest absolute Gasteiger partial charge is 0.466 e. The number of hydrogen-bond donors (Lipinski definition) is 1. The van der Waals surface area contributed by atoms with Gasteiger partial charge in [-0.25, -0.2) is 8.78 Å². The van der Waals surface area contributed by atoms with Gasteiger partial charge < -0.3 is 9.84 Å². The highest BCUT2D eigenvalue weighted by Gasteiger charge is 2.13. The number of aliphatic hydroxyl groups excluding tert-OH is 1. The molecule has 100 valence electrons. The fourth-order valence-corrected chi connectivity index (χ4v) is 1.48. The van der Waals surface area contributed by atoms with Crippen LogP contribution >= 0.6 is 0 Å². The van der Waals surface area contributed by atoms with Gasteiger partial charge in [-0.2, -0.15) is 0 Å². The smallest absolute Gasteiger partial charge is 0.305 e. The van der Waals surface area contributed by atoms with Crippen LogP contribution in [0, 0.1) is 11.6 Å². The summed E-state index contributed by atoms with van der Waals surface area (Å²) < 4.78 is 30.6. The van der Waals surface area contributed by atoms with Crippen molar-refractivity contribution in [1.29, 1.82) is 0 Å². The number of carbonyl (C=O) groups excluding carboxylic acids is 1. The SMILES string of the molecule is CCCOC(=O)CCC(O)c1cc(F)cc(F)c1. The summed E-state index contributed by atoms with van der Waals surface area (Å²) in [6, 6.07) is 2.82. The molecule has 1 rings (SSSR count). The third kappa shape index (κ3) is 4.79. The average molecular weight is 258 g/mol. The molecule has 0 heterocycles. The molecule has 5 heteroatoms. The van der Waals surface area contributed by atoms with E-state index in [4.69, 9.17) is 4.74 Å². The van der Waals surface area contributed by atoms with E-state index in [1.807, 2.05) is 6.92 Å². The summed E-state index contributed by atoms with van der Waals surface area (Å²) in [7, 11) is 0. The number of hydrogen-bond acceptors (Lipinski definition) is 3. The zero-order chi connectivity index (χ0) is 13.5. The van der Waals surface area contributed by atoms with Crippen molar-refractivity contribution in [3.63, 3.8) is 0 Å². The molecule has 0 bridgehead atoms. The van der Waals surface area contributed by atoms with E-state index in [0.717, 1.165) is 24.6 Å². The summed E-state index contributed by atoms with van der Waals surface area (Å²) in [5.74, 6) is -1.93. The number of halogens is 2. The molecule has 0 aliphatic rings. The Balaban J connectivity index is 2.49. The molecule has 0 aliphatic heterocycles. The normalized spacial score (nSPS) is 12.2. The van der Waals surface area contributed by atoms with Gasteiger partial charge in [0.25, 0.3) is 0 Å². The summed E-state index contributed by atoms with van der Waals surface area (Å²) in [6.45, 7) is 2.21. The van der Waals surface area contributed by atoms with Crippen molar-refractivity contribution in [3.8, 4) is 0 Å². The van der Waals surface area contributed by atoms with Crippen LogP contribution in [0.1, 0.15) is 37.9 Å². The maximum atomic E-state index is 12.9. The molecule has 1 aromatic carbocycles. The van der Waals surface area contributed by atoms with Crippen LogP contribution in [0.25, 0.3) is 0 Å². The zero-order valence-corrected chi connectivity index (χ0v) is 10.2. The molecule has 1 atom stereocenters. The van der Waals surface area contributed by atoms with Gasteiger partial charge in [0, 0.05) is 12.5 Å². The lowest BCUT2D eigenvalue weighted by molar-refractivity contribution is -0.144. The number of esters is 1. The summed E-state index contributed by atoms with van der Waals surface area (Å²) in [5, 5.41) is 9.70. The lowest BCUT2D eigenvalue weighted by atomic mass is 10.0. The van der Waals surface area contributed by atoms with Gasteiger partial charge in [-0.1, -0.05) is 6.92 Å². The summed E-state index contributed by atoms with van der Waals surface area (Å²) in [5.41, 5.74) is 0.121. The summed E-state index contributed by atoms with van der Waals surface area (Å²) in [6.07, 6.45) is -0.266. The Hall–Kier alpha value is -1.49. The molecule has 18 heavy (non-hydrogen) atoms. The van der Waals surface area contributed by atoms with Crippen molar-refractivity contribution in [3.05, 3.63) is 35.4 Å². The Labute approximate surface area is 104 Å². The molecule has 1 unspecified atom stereocenters. The molecule has 0 saturated carbocycles. The predicted octanol–water partition coefficient (Wildman–Crippen LogP) is 2.73. The van der Waals surface area contributed by atoms with Crippen LogP contribution in [0.5, 0.6) is 0 Å². The van der Waals surface area contributed by atoms with E-state index in [9.17, 15) is 18.7 Å². The van der Waals surface area contributed by atoms with Gasteiger partial charge in [-0.05, 0) is 30.5 Å². The minimum Gasteiger partial charge on any atom is -0.466 e. The lowest BCUT2D eigenvalue weighted by Crippen LogP contribution is -2.08. The molecule has 0 spiro atoms. The summed E-state index contributed by atoms with van der Waals surface area (Å²) >= 11 is 0. The Morgan fingerprint density at radius 2 is 1.94 bits per heavy atom. The van der Waals surface area contributed by atoms with Gasteiger partial charge in [-0.3, -0.25) is 4.79 Å². The van der Waals surface area contributed by atoms with Gasteiger partial charge in [0.05, 0.1) is 12.7 Å². The highest BCUT2D eigenvalue weighted by Crippen LogP contribution is 2.20. The first kappa shape index (κ1) is 14.6. The number of aliphatic hydroxyl groups is 1. The highest BCUT2D eigenvalue weighted by molar-refractivity contribution is 5.69. The second-order valence-corrected chi connectivity index (χ2v) is 3.98. The quantitative estimate of drug-likeness (QED) is 0.798. The van der Waals surface area contributed by atoms with E-state index in [1.165, 1.54) is 0 Å². The number of carbonyl (C=O) groups is 1. The van der Waals surface area contributed by atoms with E-state index in [0.29, 0.717) is 6.61 Å². The molecule has 0 saturated heterocycles. The first-order chi connectivity index (χ1) is 8.52. The Bertz CT molecular complexity index is 387. The minimum atomic E-state index is -1.08. The van der Waals surface area contributed by atoms with Gasteiger partial charge >= 0.3 is 5.97 Å². The maximum absolute atomic E-state index is 12.9. The van der Waals surface area contributed by atoms with Crippen LogP contribution in [-0.4, -0.2) is 17.7 Å². The molecule has 0 fully saturated rings. The topological polar surface area (TPSA) is 46.5 Å². The van der Waals surface area contributed by atoms with Crippen LogP contribution in [0.2, 0.25) is 0 Å². The Morgan fingerprint density at radius 1 is 1.33 bits per heavy atom. The van der Waals surface area contributed by atoms with Crippen molar-refractivity contribution in [1.82, 2.24) is 0 Å². The van der Waals surface area contributed by atoms with E-state index in [-0.39, 0.29) is 18.4 Å². The lowest BCUT2D eigenvalue weighted by Gasteiger charge is -2.11. The average Bonchev–Trinajstić information content (AvgIpc) is 2.32. The molecule has 1 N–H and O–H groups in total. The molecule has 0 aliphatic carbocycles. The third-order valence-electron chi connectivity index (χ3n) is 2.36. The van der Waals surface area contributed by atoms with Gasteiger partial charge in [0.2, 0.25) is 0 Å². The molecule has 0 amide bonds. The predicted molar refractivity (Wildman–Crippen MR) is 61.8 cm³/mol. The Kier molecular flexibility index (Phi) is 5.71. The fourth-order valence-electron chi connectivity index (χ4n) is 1.48.